The Labute approximate surface area is 164 Å². The van der Waals surface area contributed by atoms with Crippen molar-refractivity contribution in [1.29, 1.82) is 0 Å². The zero-order valence-corrected chi connectivity index (χ0v) is 16.7. The molecule has 2 amide bonds. The van der Waals surface area contributed by atoms with E-state index in [9.17, 15) is 9.59 Å². The molecule has 1 aromatic heterocycles. The molecule has 4 rings (SSSR count). The van der Waals surface area contributed by atoms with Gasteiger partial charge in [-0.3, -0.25) is 14.5 Å². The van der Waals surface area contributed by atoms with Crippen molar-refractivity contribution >= 4 is 28.8 Å². The second-order valence-corrected chi connectivity index (χ2v) is 8.60. The van der Waals surface area contributed by atoms with E-state index in [4.69, 9.17) is 0 Å². The molecule has 0 aliphatic carbocycles. The number of benzene rings is 1. The van der Waals surface area contributed by atoms with Gasteiger partial charge in [0.2, 0.25) is 5.91 Å². The van der Waals surface area contributed by atoms with Crippen LogP contribution < -0.4 is 4.90 Å². The van der Waals surface area contributed by atoms with Crippen molar-refractivity contribution in [3.8, 4) is 0 Å². The Kier molecular flexibility index (Phi) is 5.02. The Morgan fingerprint density at radius 1 is 1.04 bits per heavy atom. The lowest BCUT2D eigenvalue weighted by Crippen LogP contribution is -2.51. The summed E-state index contributed by atoms with van der Waals surface area (Å²) >= 11 is 1.57. The first-order valence-corrected chi connectivity index (χ1v) is 10.3. The monoisotopic (exact) mass is 383 g/mol. The van der Waals surface area contributed by atoms with E-state index in [0.29, 0.717) is 19.6 Å². The lowest BCUT2D eigenvalue weighted by Gasteiger charge is -2.34. The Morgan fingerprint density at radius 2 is 1.78 bits per heavy atom. The number of amides is 2. The number of piperazine rings is 1. The van der Waals surface area contributed by atoms with Crippen LogP contribution in [0.1, 0.15) is 25.7 Å². The maximum atomic E-state index is 12.8. The van der Waals surface area contributed by atoms with E-state index in [2.05, 4.69) is 17.9 Å². The van der Waals surface area contributed by atoms with E-state index in [1.54, 1.807) is 11.3 Å². The van der Waals surface area contributed by atoms with Gasteiger partial charge in [-0.15, -0.1) is 11.3 Å². The van der Waals surface area contributed by atoms with Gasteiger partial charge in [0.05, 0.1) is 11.4 Å². The van der Waals surface area contributed by atoms with Crippen LogP contribution in [-0.4, -0.2) is 60.9 Å². The van der Waals surface area contributed by atoms with E-state index < -0.39 is 0 Å². The van der Waals surface area contributed by atoms with Crippen molar-refractivity contribution < 1.29 is 9.59 Å². The molecular weight excluding hydrogens is 358 g/mol. The van der Waals surface area contributed by atoms with Gasteiger partial charge < -0.3 is 9.80 Å². The molecule has 6 heteroatoms. The highest BCUT2D eigenvalue weighted by Crippen LogP contribution is 2.27. The molecule has 0 unspecified atom stereocenters. The summed E-state index contributed by atoms with van der Waals surface area (Å²) < 4.78 is 0. The number of aryl methyl sites for hydroxylation is 2. The van der Waals surface area contributed by atoms with Gasteiger partial charge in [0.15, 0.2) is 0 Å². The molecule has 3 heterocycles. The molecular formula is C21H25N3O2S. The van der Waals surface area contributed by atoms with Crippen molar-refractivity contribution in [3.05, 3.63) is 51.2 Å². The second-order valence-electron chi connectivity index (χ2n) is 7.34. The summed E-state index contributed by atoms with van der Waals surface area (Å²) in [5.74, 6) is 0.278. The SMILES string of the molecule is Cc1cc(C(=O)N2CCN(CC(=O)N3CCc4ccccc43)CC2)sc1C. The molecule has 0 N–H and O–H groups in total. The van der Waals surface area contributed by atoms with Crippen LogP contribution in [0.4, 0.5) is 5.69 Å². The Morgan fingerprint density at radius 3 is 2.48 bits per heavy atom. The highest BCUT2D eigenvalue weighted by Gasteiger charge is 2.28. The number of thiophene rings is 1. The van der Waals surface area contributed by atoms with E-state index >= 15 is 0 Å². The van der Waals surface area contributed by atoms with Gasteiger partial charge in [-0.05, 0) is 43.5 Å². The van der Waals surface area contributed by atoms with E-state index in [1.165, 1.54) is 16.0 Å². The quantitative estimate of drug-likeness (QED) is 0.819. The first-order valence-electron chi connectivity index (χ1n) is 9.50. The van der Waals surface area contributed by atoms with Crippen LogP contribution in [0, 0.1) is 13.8 Å². The number of fused-ring (bicyclic) bond motifs is 1. The zero-order chi connectivity index (χ0) is 19.0. The van der Waals surface area contributed by atoms with Gasteiger partial charge in [-0.2, -0.15) is 0 Å². The van der Waals surface area contributed by atoms with Gasteiger partial charge in [0.25, 0.3) is 5.91 Å². The molecule has 0 radical (unpaired) electrons. The van der Waals surface area contributed by atoms with Crippen molar-refractivity contribution in [2.45, 2.75) is 20.3 Å². The van der Waals surface area contributed by atoms with Crippen molar-refractivity contribution in [1.82, 2.24) is 9.80 Å². The maximum absolute atomic E-state index is 12.8. The third kappa shape index (κ3) is 3.64. The molecule has 0 atom stereocenters. The molecule has 1 fully saturated rings. The first kappa shape index (κ1) is 18.2. The topological polar surface area (TPSA) is 43.9 Å². The highest BCUT2D eigenvalue weighted by atomic mass is 32.1. The van der Waals surface area contributed by atoms with Crippen molar-refractivity contribution in [2.75, 3.05) is 44.2 Å². The van der Waals surface area contributed by atoms with Gasteiger partial charge in [0, 0.05) is 43.3 Å². The molecule has 0 saturated carbocycles. The minimum atomic E-state index is 0.121. The number of para-hydroxylation sites is 1. The van der Waals surface area contributed by atoms with Gasteiger partial charge in [-0.25, -0.2) is 0 Å². The zero-order valence-electron chi connectivity index (χ0n) is 15.9. The number of hydrogen-bond donors (Lipinski definition) is 0. The summed E-state index contributed by atoms with van der Waals surface area (Å²) in [7, 11) is 0. The molecule has 2 aliphatic heterocycles. The van der Waals surface area contributed by atoms with Crippen LogP contribution in [0.2, 0.25) is 0 Å². The molecule has 1 aromatic carbocycles. The van der Waals surface area contributed by atoms with Gasteiger partial charge in [-0.1, -0.05) is 18.2 Å². The molecule has 2 aliphatic rings. The van der Waals surface area contributed by atoms with E-state index in [-0.39, 0.29) is 11.8 Å². The predicted octanol–water partition coefficient (Wildman–Crippen LogP) is 2.71. The largest absolute Gasteiger partial charge is 0.335 e. The Bertz CT molecular complexity index is 849. The summed E-state index contributed by atoms with van der Waals surface area (Å²) in [5.41, 5.74) is 3.49. The average Bonchev–Trinajstić information content (AvgIpc) is 3.25. The molecule has 0 spiro atoms. The van der Waals surface area contributed by atoms with Crippen molar-refractivity contribution in [2.24, 2.45) is 0 Å². The fraction of sp³-hybridized carbons (Fsp3) is 0.429. The number of carbonyl (C=O) groups is 2. The molecule has 142 valence electrons. The summed E-state index contributed by atoms with van der Waals surface area (Å²) in [5, 5.41) is 0. The van der Waals surface area contributed by atoms with Crippen LogP contribution in [0.5, 0.6) is 0 Å². The minimum Gasteiger partial charge on any atom is -0.335 e. The number of hydrogen-bond acceptors (Lipinski definition) is 4. The summed E-state index contributed by atoms with van der Waals surface area (Å²) in [4.78, 5) is 33.5. The first-order chi connectivity index (χ1) is 13.0. The molecule has 1 saturated heterocycles. The number of rotatable bonds is 3. The average molecular weight is 384 g/mol. The Hall–Kier alpha value is -2.18. The lowest BCUT2D eigenvalue weighted by molar-refractivity contribution is -0.120. The molecule has 2 aromatic rings. The Balaban J connectivity index is 1.32. The van der Waals surface area contributed by atoms with Crippen LogP contribution in [0.15, 0.2) is 30.3 Å². The molecule has 27 heavy (non-hydrogen) atoms. The van der Waals surface area contributed by atoms with Crippen molar-refractivity contribution in [3.63, 3.8) is 0 Å². The van der Waals surface area contributed by atoms with Gasteiger partial charge in [0.1, 0.15) is 0 Å². The van der Waals surface area contributed by atoms with E-state index in [1.807, 2.05) is 41.0 Å². The highest BCUT2D eigenvalue weighted by molar-refractivity contribution is 7.14. The predicted molar refractivity (Wildman–Crippen MR) is 109 cm³/mol. The fourth-order valence-corrected chi connectivity index (χ4v) is 4.82. The van der Waals surface area contributed by atoms with Gasteiger partial charge >= 0.3 is 0 Å². The fourth-order valence-electron chi connectivity index (χ4n) is 3.82. The smallest absolute Gasteiger partial charge is 0.264 e. The maximum Gasteiger partial charge on any atom is 0.264 e. The van der Waals surface area contributed by atoms with Crippen LogP contribution in [-0.2, 0) is 11.2 Å². The minimum absolute atomic E-state index is 0.121. The third-order valence-corrected chi connectivity index (χ3v) is 6.72. The van der Waals surface area contributed by atoms with E-state index in [0.717, 1.165) is 36.6 Å². The summed E-state index contributed by atoms with van der Waals surface area (Å²) in [6.45, 7) is 8.14. The second kappa shape index (κ2) is 7.44. The van der Waals surface area contributed by atoms with Crippen LogP contribution >= 0.6 is 11.3 Å². The normalized spacial score (nSPS) is 17.3. The number of anilines is 1. The molecule has 5 nitrogen and oxygen atoms in total. The number of carbonyl (C=O) groups excluding carboxylic acids is 2. The lowest BCUT2D eigenvalue weighted by atomic mass is 10.2. The summed E-state index contributed by atoms with van der Waals surface area (Å²) in [6.07, 6.45) is 0.934. The third-order valence-electron chi connectivity index (χ3n) is 5.58. The van der Waals surface area contributed by atoms with Crippen LogP contribution in [0.25, 0.3) is 0 Å². The standard InChI is InChI=1S/C21H25N3O2S/c1-15-13-19(27-16(15)2)21(26)23-11-9-22(10-12-23)14-20(25)24-8-7-17-5-3-4-6-18(17)24/h3-6,13H,7-12,14H2,1-2H3. The number of nitrogens with zero attached hydrogens (tertiary/aromatic N) is 3. The summed E-state index contributed by atoms with van der Waals surface area (Å²) in [6, 6.07) is 10.1. The molecule has 0 bridgehead atoms. The van der Waals surface area contributed by atoms with Crippen LogP contribution in [0.3, 0.4) is 0 Å².